The number of ether oxygens (including phenoxy) is 2. The van der Waals surface area contributed by atoms with Crippen LogP contribution in [0.25, 0.3) is 6.08 Å². The first-order valence-electron chi connectivity index (χ1n) is 13.0. The molecular weight excluding hydrogens is 422 g/mol. The average molecular weight is 462 g/mol. The number of carbonyl (C=O) groups excluding carboxylic acids is 1. The quantitative estimate of drug-likeness (QED) is 0.301. The normalized spacial score (nSPS) is 17.4. The molecule has 2 aliphatic rings. The number of rotatable bonds is 9. The summed E-state index contributed by atoms with van der Waals surface area (Å²) in [5.74, 6) is 2.10. The molecule has 0 radical (unpaired) electrons. The van der Waals surface area contributed by atoms with Gasteiger partial charge in [-0.05, 0) is 74.3 Å². The van der Waals surface area contributed by atoms with Crippen molar-refractivity contribution in [3.05, 3.63) is 64.7 Å². The number of benzene rings is 2. The van der Waals surface area contributed by atoms with Gasteiger partial charge in [-0.15, -0.1) is 0 Å². The van der Waals surface area contributed by atoms with Crippen molar-refractivity contribution >= 4 is 11.9 Å². The number of likely N-dealkylation sites (tertiary alicyclic amines) is 1. The van der Waals surface area contributed by atoms with Crippen LogP contribution in [-0.4, -0.2) is 44.0 Å². The summed E-state index contributed by atoms with van der Waals surface area (Å²) >= 11 is 0. The Morgan fingerprint density at radius 2 is 1.79 bits per heavy atom. The van der Waals surface area contributed by atoms with Gasteiger partial charge >= 0.3 is 0 Å². The molecule has 182 valence electrons. The Kier molecular flexibility index (Phi) is 8.81. The van der Waals surface area contributed by atoms with Gasteiger partial charge in [0, 0.05) is 25.2 Å². The second-order valence-electron chi connectivity index (χ2n) is 9.73. The standard InChI is InChI=1S/C30H39NO3/c1-23(32)26-13-14-29(30(22-26)33-2)34-20-8-17-31-18-15-24(16-19-31)21-27-11-6-7-12-28(27)25-9-4-3-5-10-25/h6-7,11-14,21-22,25H,3-5,8-10,15-20H2,1-2H3. The molecule has 0 aromatic heterocycles. The van der Waals surface area contributed by atoms with Gasteiger partial charge in [0.25, 0.3) is 0 Å². The summed E-state index contributed by atoms with van der Waals surface area (Å²) in [6.45, 7) is 5.48. The fraction of sp³-hybridized carbons (Fsp3) is 0.500. The van der Waals surface area contributed by atoms with Crippen molar-refractivity contribution in [3.63, 3.8) is 0 Å². The molecule has 1 aliphatic carbocycles. The molecule has 2 aromatic carbocycles. The maximum Gasteiger partial charge on any atom is 0.161 e. The molecule has 0 atom stereocenters. The number of methoxy groups -OCH3 is 1. The third-order valence-corrected chi connectivity index (χ3v) is 7.35. The van der Waals surface area contributed by atoms with Crippen LogP contribution in [0.4, 0.5) is 0 Å². The molecule has 4 rings (SSSR count). The first-order chi connectivity index (χ1) is 16.6. The molecule has 2 fully saturated rings. The first-order valence-corrected chi connectivity index (χ1v) is 13.0. The van der Waals surface area contributed by atoms with Crippen LogP contribution < -0.4 is 9.47 Å². The first kappa shape index (κ1) is 24.5. The van der Waals surface area contributed by atoms with Crippen molar-refractivity contribution in [2.45, 2.75) is 64.2 Å². The van der Waals surface area contributed by atoms with E-state index < -0.39 is 0 Å². The van der Waals surface area contributed by atoms with E-state index in [9.17, 15) is 4.79 Å². The SMILES string of the molecule is COc1cc(C(C)=O)ccc1OCCCN1CCC(=Cc2ccccc2C2CCCCC2)CC1. The summed E-state index contributed by atoms with van der Waals surface area (Å²) in [7, 11) is 1.61. The predicted octanol–water partition coefficient (Wildman–Crippen LogP) is 6.89. The van der Waals surface area contributed by atoms with Crippen LogP contribution in [-0.2, 0) is 0 Å². The van der Waals surface area contributed by atoms with Crippen molar-refractivity contribution in [1.82, 2.24) is 4.90 Å². The molecule has 4 heteroatoms. The number of hydrogen-bond donors (Lipinski definition) is 0. The maximum absolute atomic E-state index is 11.6. The third kappa shape index (κ3) is 6.50. The minimum absolute atomic E-state index is 0.0286. The summed E-state index contributed by atoms with van der Waals surface area (Å²) < 4.78 is 11.3. The van der Waals surface area contributed by atoms with Crippen LogP contribution in [0, 0.1) is 0 Å². The molecule has 0 spiro atoms. The average Bonchev–Trinajstić information content (AvgIpc) is 2.88. The predicted molar refractivity (Wildman–Crippen MR) is 139 cm³/mol. The Labute approximate surface area is 205 Å². The molecule has 0 bridgehead atoms. The van der Waals surface area contributed by atoms with Crippen molar-refractivity contribution in [1.29, 1.82) is 0 Å². The largest absolute Gasteiger partial charge is 0.493 e. The molecule has 2 aromatic rings. The minimum Gasteiger partial charge on any atom is -0.493 e. The zero-order valence-corrected chi connectivity index (χ0v) is 20.9. The van der Waals surface area contributed by atoms with E-state index in [1.165, 1.54) is 37.7 Å². The zero-order chi connectivity index (χ0) is 23.8. The monoisotopic (exact) mass is 461 g/mol. The van der Waals surface area contributed by atoms with Gasteiger partial charge in [0.15, 0.2) is 17.3 Å². The summed E-state index contributed by atoms with van der Waals surface area (Å²) in [6.07, 6.45) is 12.6. The highest BCUT2D eigenvalue weighted by Gasteiger charge is 2.19. The molecule has 0 unspecified atom stereocenters. The molecular formula is C30H39NO3. The topological polar surface area (TPSA) is 38.8 Å². The van der Waals surface area contributed by atoms with Crippen LogP contribution in [0.5, 0.6) is 11.5 Å². The Bertz CT molecular complexity index is 980. The van der Waals surface area contributed by atoms with Crippen LogP contribution >= 0.6 is 0 Å². The van der Waals surface area contributed by atoms with E-state index in [0.29, 0.717) is 23.7 Å². The molecule has 4 nitrogen and oxygen atoms in total. The Morgan fingerprint density at radius 1 is 1.03 bits per heavy atom. The van der Waals surface area contributed by atoms with E-state index >= 15 is 0 Å². The van der Waals surface area contributed by atoms with Gasteiger partial charge in [0.1, 0.15) is 0 Å². The van der Waals surface area contributed by atoms with E-state index in [2.05, 4.69) is 35.2 Å². The second kappa shape index (κ2) is 12.2. The summed E-state index contributed by atoms with van der Waals surface area (Å²) in [4.78, 5) is 14.1. The fourth-order valence-electron chi connectivity index (χ4n) is 5.33. The van der Waals surface area contributed by atoms with Crippen LogP contribution in [0.15, 0.2) is 48.0 Å². The molecule has 1 heterocycles. The number of Topliss-reactive ketones (excluding diaryl/α,β-unsaturated/α-hetero) is 1. The van der Waals surface area contributed by atoms with Gasteiger partial charge in [-0.1, -0.05) is 55.2 Å². The van der Waals surface area contributed by atoms with Crippen molar-refractivity contribution in [2.24, 2.45) is 0 Å². The lowest BCUT2D eigenvalue weighted by molar-refractivity contribution is 0.101. The van der Waals surface area contributed by atoms with Gasteiger partial charge in [-0.2, -0.15) is 0 Å². The molecule has 1 saturated heterocycles. The maximum atomic E-state index is 11.6. The summed E-state index contributed by atoms with van der Waals surface area (Å²) in [6, 6.07) is 14.5. The highest BCUT2D eigenvalue weighted by Crippen LogP contribution is 2.35. The van der Waals surface area contributed by atoms with Gasteiger partial charge in [-0.25, -0.2) is 0 Å². The zero-order valence-electron chi connectivity index (χ0n) is 20.9. The number of hydrogen-bond acceptors (Lipinski definition) is 4. The minimum atomic E-state index is 0.0286. The van der Waals surface area contributed by atoms with Gasteiger partial charge in [0.2, 0.25) is 0 Å². The van der Waals surface area contributed by atoms with Crippen LogP contribution in [0.3, 0.4) is 0 Å². The molecule has 1 aliphatic heterocycles. The Hall–Kier alpha value is -2.59. The molecule has 1 saturated carbocycles. The lowest BCUT2D eigenvalue weighted by Gasteiger charge is -2.29. The van der Waals surface area contributed by atoms with E-state index in [-0.39, 0.29) is 5.78 Å². The highest BCUT2D eigenvalue weighted by molar-refractivity contribution is 5.94. The van der Waals surface area contributed by atoms with E-state index in [1.54, 1.807) is 37.3 Å². The number of nitrogens with zero attached hydrogens (tertiary/aromatic N) is 1. The lowest BCUT2D eigenvalue weighted by Crippen LogP contribution is -2.32. The smallest absolute Gasteiger partial charge is 0.161 e. The Balaban J connectivity index is 1.24. The summed E-state index contributed by atoms with van der Waals surface area (Å²) in [5, 5.41) is 0. The van der Waals surface area contributed by atoms with Gasteiger partial charge in [0.05, 0.1) is 13.7 Å². The number of piperidine rings is 1. The van der Waals surface area contributed by atoms with Crippen molar-refractivity contribution < 1.29 is 14.3 Å². The van der Waals surface area contributed by atoms with Crippen molar-refractivity contribution in [3.8, 4) is 11.5 Å². The van der Waals surface area contributed by atoms with E-state index in [1.807, 2.05) is 6.07 Å². The molecule has 0 amide bonds. The Morgan fingerprint density at radius 3 is 2.53 bits per heavy atom. The van der Waals surface area contributed by atoms with Crippen LogP contribution in [0.2, 0.25) is 0 Å². The number of carbonyl (C=O) groups is 1. The van der Waals surface area contributed by atoms with E-state index in [4.69, 9.17) is 9.47 Å². The number of ketones is 1. The fourth-order valence-corrected chi connectivity index (χ4v) is 5.33. The third-order valence-electron chi connectivity index (χ3n) is 7.35. The van der Waals surface area contributed by atoms with Crippen molar-refractivity contribution in [2.75, 3.05) is 33.4 Å². The highest BCUT2D eigenvalue weighted by atomic mass is 16.5. The molecule has 34 heavy (non-hydrogen) atoms. The lowest BCUT2D eigenvalue weighted by atomic mass is 9.81. The molecule has 0 N–H and O–H groups in total. The van der Waals surface area contributed by atoms with Crippen LogP contribution in [0.1, 0.15) is 85.7 Å². The summed E-state index contributed by atoms with van der Waals surface area (Å²) in [5.41, 5.74) is 5.26. The van der Waals surface area contributed by atoms with Gasteiger partial charge < -0.3 is 14.4 Å². The second-order valence-corrected chi connectivity index (χ2v) is 9.73. The van der Waals surface area contributed by atoms with Gasteiger partial charge in [-0.3, -0.25) is 4.79 Å². The van der Waals surface area contributed by atoms with E-state index in [0.717, 1.165) is 44.8 Å².